The van der Waals surface area contributed by atoms with Crippen LogP contribution in [0.3, 0.4) is 0 Å². The summed E-state index contributed by atoms with van der Waals surface area (Å²) in [6.45, 7) is 0.532. The monoisotopic (exact) mass is 343 g/mol. The highest BCUT2D eigenvalue weighted by Crippen LogP contribution is 2.31. The van der Waals surface area contributed by atoms with Gasteiger partial charge in [0, 0.05) is 29.5 Å². The third kappa shape index (κ3) is 2.78. The lowest BCUT2D eigenvalue weighted by atomic mass is 9.99. The number of rotatable bonds is 3. The molecule has 7 nitrogen and oxygen atoms in total. The summed E-state index contributed by atoms with van der Waals surface area (Å²) in [5.74, 6) is 1.13. The number of H-pyrrole nitrogens is 1. The maximum absolute atomic E-state index is 11.3. The van der Waals surface area contributed by atoms with Crippen LogP contribution in [-0.4, -0.2) is 32.8 Å². The van der Waals surface area contributed by atoms with Crippen molar-refractivity contribution < 1.29 is 9.32 Å². The van der Waals surface area contributed by atoms with Crippen LogP contribution < -0.4 is 5.32 Å². The zero-order valence-corrected chi connectivity index (χ0v) is 13.4. The molecule has 0 aliphatic carbocycles. The molecule has 2 N–H and O–H groups in total. The van der Waals surface area contributed by atoms with Gasteiger partial charge in [0.05, 0.1) is 17.5 Å². The summed E-state index contributed by atoms with van der Waals surface area (Å²) in [5.41, 5.74) is 2.38. The maximum Gasteiger partial charge on any atom is 0.261 e. The number of carbonyl (C=O) groups is 1. The highest BCUT2D eigenvalue weighted by molar-refractivity contribution is 6.30. The van der Waals surface area contributed by atoms with Gasteiger partial charge in [0.15, 0.2) is 5.82 Å². The van der Waals surface area contributed by atoms with Crippen molar-refractivity contribution >= 4 is 17.5 Å². The van der Waals surface area contributed by atoms with E-state index in [0.29, 0.717) is 29.7 Å². The van der Waals surface area contributed by atoms with Crippen LogP contribution in [0.4, 0.5) is 0 Å². The SMILES string of the molecule is O=C1CCC(c2noc(-c3cn[nH]c3-c3cccc(Cl)c3)n2)CN1. The van der Waals surface area contributed by atoms with Gasteiger partial charge in [-0.2, -0.15) is 10.1 Å². The lowest BCUT2D eigenvalue weighted by Crippen LogP contribution is -2.34. The van der Waals surface area contributed by atoms with E-state index in [1.165, 1.54) is 0 Å². The molecule has 122 valence electrons. The molecule has 1 atom stereocenters. The molecule has 1 aromatic carbocycles. The molecule has 4 rings (SSSR count). The summed E-state index contributed by atoms with van der Waals surface area (Å²) >= 11 is 6.06. The number of aromatic nitrogens is 4. The van der Waals surface area contributed by atoms with Crippen molar-refractivity contribution in [3.05, 3.63) is 41.3 Å². The Morgan fingerprint density at radius 2 is 2.25 bits per heavy atom. The zero-order valence-electron chi connectivity index (χ0n) is 12.6. The van der Waals surface area contributed by atoms with Gasteiger partial charge in [-0.05, 0) is 18.6 Å². The van der Waals surface area contributed by atoms with Crippen molar-refractivity contribution in [3.63, 3.8) is 0 Å². The highest BCUT2D eigenvalue weighted by atomic mass is 35.5. The molecule has 1 amide bonds. The Balaban J connectivity index is 1.64. The van der Waals surface area contributed by atoms with Crippen LogP contribution >= 0.6 is 11.6 Å². The van der Waals surface area contributed by atoms with Crippen molar-refractivity contribution in [2.75, 3.05) is 6.54 Å². The number of piperidine rings is 1. The number of benzene rings is 1. The number of halogens is 1. The summed E-state index contributed by atoms with van der Waals surface area (Å²) in [5, 5.41) is 14.6. The molecule has 1 unspecified atom stereocenters. The van der Waals surface area contributed by atoms with Gasteiger partial charge in [-0.25, -0.2) is 0 Å². The fraction of sp³-hybridized carbons (Fsp3) is 0.250. The molecule has 3 aromatic rings. The Bertz CT molecular complexity index is 878. The van der Waals surface area contributed by atoms with Gasteiger partial charge in [-0.3, -0.25) is 9.89 Å². The van der Waals surface area contributed by atoms with Crippen molar-refractivity contribution in [1.82, 2.24) is 25.7 Å². The molecular formula is C16H14ClN5O2. The quantitative estimate of drug-likeness (QED) is 0.762. The minimum Gasteiger partial charge on any atom is -0.355 e. The Morgan fingerprint density at radius 1 is 1.33 bits per heavy atom. The lowest BCUT2D eigenvalue weighted by Gasteiger charge is -2.18. The standard InChI is InChI=1S/C16H14ClN5O2/c17-11-3-1-2-9(6-11)14-12(8-19-21-14)16-20-15(22-24-16)10-4-5-13(23)18-7-10/h1-3,6,8,10H,4-5,7H2,(H,18,23)(H,19,21). The normalized spacial score (nSPS) is 17.7. The summed E-state index contributed by atoms with van der Waals surface area (Å²) in [4.78, 5) is 15.8. The fourth-order valence-corrected chi connectivity index (χ4v) is 2.97. The summed E-state index contributed by atoms with van der Waals surface area (Å²) < 4.78 is 5.41. The second-order valence-corrected chi connectivity index (χ2v) is 6.10. The first-order chi connectivity index (χ1) is 11.7. The second kappa shape index (κ2) is 6.09. The predicted octanol–water partition coefficient (Wildman–Crippen LogP) is 2.77. The number of amides is 1. The number of hydrogen-bond acceptors (Lipinski definition) is 5. The van der Waals surface area contributed by atoms with E-state index in [9.17, 15) is 4.79 Å². The first kappa shape index (κ1) is 14.9. The number of nitrogens with one attached hydrogen (secondary N) is 2. The maximum atomic E-state index is 11.3. The first-order valence-electron chi connectivity index (χ1n) is 7.60. The van der Waals surface area contributed by atoms with Crippen molar-refractivity contribution in [3.8, 4) is 22.7 Å². The topological polar surface area (TPSA) is 96.7 Å². The molecule has 1 aliphatic heterocycles. The van der Waals surface area contributed by atoms with E-state index in [4.69, 9.17) is 16.1 Å². The number of aromatic amines is 1. The van der Waals surface area contributed by atoms with E-state index in [1.807, 2.05) is 24.3 Å². The molecule has 24 heavy (non-hydrogen) atoms. The van der Waals surface area contributed by atoms with Crippen molar-refractivity contribution in [2.24, 2.45) is 0 Å². The summed E-state index contributed by atoms with van der Waals surface area (Å²) in [7, 11) is 0. The average Bonchev–Trinajstić information content (AvgIpc) is 3.24. The molecule has 0 spiro atoms. The van der Waals surface area contributed by atoms with Crippen LogP contribution in [0.15, 0.2) is 35.0 Å². The number of carbonyl (C=O) groups excluding carboxylic acids is 1. The summed E-state index contributed by atoms with van der Waals surface area (Å²) in [6.07, 6.45) is 2.85. The van der Waals surface area contributed by atoms with Gasteiger partial charge in [0.2, 0.25) is 5.91 Å². The Kier molecular flexibility index (Phi) is 3.78. The second-order valence-electron chi connectivity index (χ2n) is 5.67. The third-order valence-corrected chi connectivity index (χ3v) is 4.29. The highest BCUT2D eigenvalue weighted by Gasteiger charge is 2.25. The number of nitrogens with zero attached hydrogens (tertiary/aromatic N) is 3. The van der Waals surface area contributed by atoms with Crippen LogP contribution in [-0.2, 0) is 4.79 Å². The molecule has 1 aliphatic rings. The molecule has 2 aromatic heterocycles. The molecule has 0 bridgehead atoms. The van der Waals surface area contributed by atoms with E-state index in [0.717, 1.165) is 23.2 Å². The Morgan fingerprint density at radius 3 is 3.04 bits per heavy atom. The molecule has 1 saturated heterocycles. The average molecular weight is 344 g/mol. The molecular weight excluding hydrogens is 330 g/mol. The van der Waals surface area contributed by atoms with E-state index in [1.54, 1.807) is 6.20 Å². The van der Waals surface area contributed by atoms with Crippen LogP contribution in [0.2, 0.25) is 5.02 Å². The Labute approximate surface area is 142 Å². The molecule has 0 radical (unpaired) electrons. The van der Waals surface area contributed by atoms with Gasteiger partial charge in [-0.1, -0.05) is 28.9 Å². The van der Waals surface area contributed by atoms with Crippen LogP contribution in [0.1, 0.15) is 24.6 Å². The predicted molar refractivity (Wildman–Crippen MR) is 87.3 cm³/mol. The van der Waals surface area contributed by atoms with Crippen LogP contribution in [0.25, 0.3) is 22.7 Å². The molecule has 8 heteroatoms. The smallest absolute Gasteiger partial charge is 0.261 e. The Hall–Kier alpha value is -2.67. The fourth-order valence-electron chi connectivity index (χ4n) is 2.78. The zero-order chi connectivity index (χ0) is 16.5. The van der Waals surface area contributed by atoms with Crippen LogP contribution in [0, 0.1) is 0 Å². The first-order valence-corrected chi connectivity index (χ1v) is 7.98. The van der Waals surface area contributed by atoms with Gasteiger partial charge < -0.3 is 9.84 Å². The minimum absolute atomic E-state index is 0.0630. The van der Waals surface area contributed by atoms with Gasteiger partial charge in [-0.15, -0.1) is 0 Å². The van der Waals surface area contributed by atoms with E-state index in [-0.39, 0.29) is 11.8 Å². The molecule has 1 fully saturated rings. The van der Waals surface area contributed by atoms with Gasteiger partial charge in [0.1, 0.15) is 0 Å². The van der Waals surface area contributed by atoms with Crippen LogP contribution in [0.5, 0.6) is 0 Å². The lowest BCUT2D eigenvalue weighted by molar-refractivity contribution is -0.122. The third-order valence-electron chi connectivity index (χ3n) is 4.06. The van der Waals surface area contributed by atoms with Gasteiger partial charge >= 0.3 is 0 Å². The molecule has 0 saturated carbocycles. The molecule has 3 heterocycles. The van der Waals surface area contributed by atoms with Gasteiger partial charge in [0.25, 0.3) is 5.89 Å². The van der Waals surface area contributed by atoms with Crippen molar-refractivity contribution in [2.45, 2.75) is 18.8 Å². The largest absolute Gasteiger partial charge is 0.355 e. The summed E-state index contributed by atoms with van der Waals surface area (Å²) in [6, 6.07) is 7.44. The van der Waals surface area contributed by atoms with E-state index < -0.39 is 0 Å². The van der Waals surface area contributed by atoms with E-state index in [2.05, 4.69) is 25.7 Å². The number of hydrogen-bond donors (Lipinski definition) is 2. The van der Waals surface area contributed by atoms with Crippen molar-refractivity contribution in [1.29, 1.82) is 0 Å². The van der Waals surface area contributed by atoms with E-state index >= 15 is 0 Å². The minimum atomic E-state index is 0.0630.